The topological polar surface area (TPSA) is 21.3 Å². The highest BCUT2D eigenvalue weighted by Crippen LogP contribution is 2.29. The molecule has 2 nitrogen and oxygen atoms in total. The van der Waals surface area contributed by atoms with Crippen molar-refractivity contribution in [1.82, 2.24) is 5.32 Å². The number of rotatable bonds is 5. The highest BCUT2D eigenvalue weighted by molar-refractivity contribution is 9.10. The van der Waals surface area contributed by atoms with Gasteiger partial charge in [0, 0.05) is 10.0 Å². The maximum absolute atomic E-state index is 5.39. The van der Waals surface area contributed by atoms with E-state index in [0.717, 1.165) is 29.6 Å². The van der Waals surface area contributed by atoms with Gasteiger partial charge in [0.25, 0.3) is 0 Å². The van der Waals surface area contributed by atoms with Gasteiger partial charge in [-0.05, 0) is 44.1 Å². The summed E-state index contributed by atoms with van der Waals surface area (Å²) in [5.74, 6) is 0.984. The van der Waals surface area contributed by atoms with E-state index in [-0.39, 0.29) is 0 Å². The molecule has 1 aromatic carbocycles. The first-order chi connectivity index (χ1) is 7.22. The molecule has 1 N–H and O–H groups in total. The first-order valence-electron chi connectivity index (χ1n) is 5.22. The Morgan fingerprint density at radius 2 is 2.13 bits per heavy atom. The van der Waals surface area contributed by atoms with Crippen molar-refractivity contribution >= 4 is 15.9 Å². The molecule has 1 aromatic rings. The number of benzene rings is 1. The smallest absolute Gasteiger partial charge is 0.123 e. The van der Waals surface area contributed by atoms with Crippen LogP contribution in [0.25, 0.3) is 0 Å². The molecule has 0 unspecified atom stereocenters. The van der Waals surface area contributed by atoms with Crippen LogP contribution in [0.4, 0.5) is 0 Å². The first kappa shape index (κ1) is 12.5. The van der Waals surface area contributed by atoms with Crippen molar-refractivity contribution in [3.63, 3.8) is 0 Å². The highest BCUT2D eigenvalue weighted by atomic mass is 79.9. The summed E-state index contributed by atoms with van der Waals surface area (Å²) < 4.78 is 6.54. The Morgan fingerprint density at radius 3 is 2.67 bits per heavy atom. The molecule has 0 saturated carbocycles. The summed E-state index contributed by atoms with van der Waals surface area (Å²) in [5, 5.41) is 3.15. The van der Waals surface area contributed by atoms with Gasteiger partial charge in [-0.25, -0.2) is 0 Å². The molecule has 0 aliphatic carbocycles. The SMILES string of the molecule is CCc1c(Br)cc(CCNC)cc1OC. The molecule has 84 valence electrons. The van der Waals surface area contributed by atoms with E-state index in [1.807, 2.05) is 7.05 Å². The maximum Gasteiger partial charge on any atom is 0.123 e. The van der Waals surface area contributed by atoms with E-state index in [2.05, 4.69) is 40.3 Å². The molecule has 3 heteroatoms. The molecule has 0 radical (unpaired) electrons. The Hall–Kier alpha value is -0.540. The lowest BCUT2D eigenvalue weighted by Gasteiger charge is -2.11. The molecule has 0 aliphatic rings. The standard InChI is InChI=1S/C12H18BrNO/c1-4-10-11(13)7-9(5-6-14-2)8-12(10)15-3/h7-8,14H,4-6H2,1-3H3. The fraction of sp³-hybridized carbons (Fsp3) is 0.500. The quantitative estimate of drug-likeness (QED) is 0.890. The third kappa shape index (κ3) is 3.21. The zero-order valence-electron chi connectivity index (χ0n) is 9.56. The lowest BCUT2D eigenvalue weighted by molar-refractivity contribution is 0.409. The van der Waals surface area contributed by atoms with Crippen LogP contribution in [-0.4, -0.2) is 20.7 Å². The van der Waals surface area contributed by atoms with Crippen LogP contribution in [0.15, 0.2) is 16.6 Å². The molecule has 1 rings (SSSR count). The van der Waals surface area contributed by atoms with Crippen LogP contribution in [0.3, 0.4) is 0 Å². The van der Waals surface area contributed by atoms with Crippen LogP contribution in [0.1, 0.15) is 18.1 Å². The third-order valence-electron chi connectivity index (χ3n) is 2.45. The predicted molar refractivity (Wildman–Crippen MR) is 67.7 cm³/mol. The summed E-state index contributed by atoms with van der Waals surface area (Å²) in [6.07, 6.45) is 2.01. The Labute approximate surface area is 100 Å². The zero-order valence-corrected chi connectivity index (χ0v) is 11.1. The second-order valence-electron chi connectivity index (χ2n) is 3.47. The van der Waals surface area contributed by atoms with E-state index in [1.54, 1.807) is 7.11 Å². The Bertz CT molecular complexity index is 326. The van der Waals surface area contributed by atoms with Gasteiger partial charge in [-0.2, -0.15) is 0 Å². The van der Waals surface area contributed by atoms with Crippen molar-refractivity contribution < 1.29 is 4.74 Å². The largest absolute Gasteiger partial charge is 0.496 e. The van der Waals surface area contributed by atoms with Gasteiger partial charge in [0.2, 0.25) is 0 Å². The van der Waals surface area contributed by atoms with Crippen LogP contribution in [-0.2, 0) is 12.8 Å². The van der Waals surface area contributed by atoms with Crippen LogP contribution in [0, 0.1) is 0 Å². The number of ether oxygens (including phenoxy) is 1. The van der Waals surface area contributed by atoms with Crippen molar-refractivity contribution in [2.45, 2.75) is 19.8 Å². The molecule has 0 bridgehead atoms. The van der Waals surface area contributed by atoms with Crippen molar-refractivity contribution in [2.24, 2.45) is 0 Å². The molecule has 0 aliphatic heterocycles. The average Bonchev–Trinajstić information content (AvgIpc) is 2.25. The van der Waals surface area contributed by atoms with Crippen LogP contribution >= 0.6 is 15.9 Å². The summed E-state index contributed by atoms with van der Waals surface area (Å²) >= 11 is 3.59. The number of hydrogen-bond donors (Lipinski definition) is 1. The normalized spacial score (nSPS) is 10.4. The second-order valence-corrected chi connectivity index (χ2v) is 4.32. The first-order valence-corrected chi connectivity index (χ1v) is 6.02. The summed E-state index contributed by atoms with van der Waals surface area (Å²) in [4.78, 5) is 0. The van der Waals surface area contributed by atoms with Crippen molar-refractivity contribution in [2.75, 3.05) is 20.7 Å². The number of likely N-dealkylation sites (N-methyl/N-ethyl adjacent to an activating group) is 1. The number of hydrogen-bond acceptors (Lipinski definition) is 2. The molecule has 0 heterocycles. The summed E-state index contributed by atoms with van der Waals surface area (Å²) in [5.41, 5.74) is 2.54. The van der Waals surface area contributed by atoms with Crippen LogP contribution in [0.5, 0.6) is 5.75 Å². The summed E-state index contributed by atoms with van der Waals surface area (Å²) in [6.45, 7) is 3.12. The molecule has 0 atom stereocenters. The maximum atomic E-state index is 5.39. The van der Waals surface area contributed by atoms with E-state index in [9.17, 15) is 0 Å². The second kappa shape index (κ2) is 6.13. The Morgan fingerprint density at radius 1 is 1.40 bits per heavy atom. The van der Waals surface area contributed by atoms with Crippen LogP contribution in [0.2, 0.25) is 0 Å². The summed E-state index contributed by atoms with van der Waals surface area (Å²) in [7, 11) is 3.69. The van der Waals surface area contributed by atoms with Gasteiger partial charge in [0.1, 0.15) is 5.75 Å². The lowest BCUT2D eigenvalue weighted by Crippen LogP contribution is -2.10. The van der Waals surface area contributed by atoms with Gasteiger partial charge in [0.15, 0.2) is 0 Å². The minimum Gasteiger partial charge on any atom is -0.496 e. The van der Waals surface area contributed by atoms with Gasteiger partial charge in [-0.3, -0.25) is 0 Å². The molecule has 0 aromatic heterocycles. The van der Waals surface area contributed by atoms with Gasteiger partial charge in [-0.15, -0.1) is 0 Å². The summed E-state index contributed by atoms with van der Waals surface area (Å²) in [6, 6.07) is 4.31. The van der Waals surface area contributed by atoms with Gasteiger partial charge in [-0.1, -0.05) is 22.9 Å². The predicted octanol–water partition coefficient (Wildman–Crippen LogP) is 2.78. The molecular formula is C12H18BrNO. The van der Waals surface area contributed by atoms with Crippen molar-refractivity contribution in [3.8, 4) is 5.75 Å². The minimum atomic E-state index is 0.982. The Balaban J connectivity index is 2.97. The number of methoxy groups -OCH3 is 1. The molecule has 0 fully saturated rings. The van der Waals surface area contributed by atoms with Crippen LogP contribution < -0.4 is 10.1 Å². The molecule has 0 saturated heterocycles. The number of nitrogens with one attached hydrogen (secondary N) is 1. The van der Waals surface area contributed by atoms with E-state index >= 15 is 0 Å². The number of halogens is 1. The van der Waals surface area contributed by atoms with E-state index in [0.29, 0.717) is 0 Å². The highest BCUT2D eigenvalue weighted by Gasteiger charge is 2.07. The van der Waals surface area contributed by atoms with Gasteiger partial charge in [0.05, 0.1) is 7.11 Å². The average molecular weight is 272 g/mol. The van der Waals surface area contributed by atoms with E-state index < -0.39 is 0 Å². The molecule has 0 amide bonds. The Kier molecular flexibility index (Phi) is 5.12. The zero-order chi connectivity index (χ0) is 11.3. The van der Waals surface area contributed by atoms with E-state index in [4.69, 9.17) is 4.74 Å². The third-order valence-corrected chi connectivity index (χ3v) is 3.16. The van der Waals surface area contributed by atoms with Crippen molar-refractivity contribution in [3.05, 3.63) is 27.7 Å². The van der Waals surface area contributed by atoms with Crippen molar-refractivity contribution in [1.29, 1.82) is 0 Å². The van der Waals surface area contributed by atoms with Gasteiger partial charge < -0.3 is 10.1 Å². The minimum absolute atomic E-state index is 0.982. The molecule has 15 heavy (non-hydrogen) atoms. The molecular weight excluding hydrogens is 254 g/mol. The molecule has 0 spiro atoms. The van der Waals surface area contributed by atoms with Gasteiger partial charge >= 0.3 is 0 Å². The monoisotopic (exact) mass is 271 g/mol. The fourth-order valence-corrected chi connectivity index (χ4v) is 2.37. The van der Waals surface area contributed by atoms with E-state index in [1.165, 1.54) is 11.1 Å². The fourth-order valence-electron chi connectivity index (χ4n) is 1.60. The lowest BCUT2D eigenvalue weighted by atomic mass is 10.1.